The van der Waals surface area contributed by atoms with E-state index in [2.05, 4.69) is 15.0 Å². The van der Waals surface area contributed by atoms with Crippen LogP contribution in [0.3, 0.4) is 0 Å². The lowest BCUT2D eigenvalue weighted by atomic mass is 9.80. The molecule has 246 valence electrons. The third-order valence-electron chi connectivity index (χ3n) is 8.24. The lowest BCUT2D eigenvalue weighted by molar-refractivity contribution is -0.0970. The fourth-order valence-corrected chi connectivity index (χ4v) is 5.91. The molecule has 3 N–H and O–H groups in total. The quantitative estimate of drug-likeness (QED) is 0.109. The van der Waals surface area contributed by atoms with Crippen molar-refractivity contribution in [3.63, 3.8) is 0 Å². The van der Waals surface area contributed by atoms with Gasteiger partial charge in [0.1, 0.15) is 35.4 Å². The number of nitrogen functional groups attached to an aromatic ring is 1. The van der Waals surface area contributed by atoms with E-state index in [1.165, 1.54) is 10.9 Å². The Morgan fingerprint density at radius 1 is 0.872 bits per heavy atom. The van der Waals surface area contributed by atoms with Crippen molar-refractivity contribution in [2.45, 2.75) is 30.1 Å². The fraction of sp³-hybridized carbons (Fsp3) is 0.324. The van der Waals surface area contributed by atoms with Gasteiger partial charge < -0.3 is 39.3 Å². The Hall–Kier alpha value is -4.66. The molecular weight excluding hydrogens is 609 g/mol. The monoisotopic (exact) mass is 645 g/mol. The van der Waals surface area contributed by atoms with Gasteiger partial charge in [0.15, 0.2) is 23.2 Å². The molecule has 1 saturated heterocycles. The highest BCUT2D eigenvalue weighted by molar-refractivity contribution is 5.81. The summed E-state index contributed by atoms with van der Waals surface area (Å²) in [7, 11) is 4.77. The number of halogens is 1. The summed E-state index contributed by atoms with van der Waals surface area (Å²) in [5.41, 5.74) is 7.53. The van der Waals surface area contributed by atoms with E-state index in [0.29, 0.717) is 11.5 Å². The smallest absolute Gasteiger partial charge is 0.312 e. The highest BCUT2D eigenvalue weighted by Crippen LogP contribution is 2.43. The normalized spacial score (nSPS) is 19.7. The zero-order chi connectivity index (χ0) is 33.0. The van der Waals surface area contributed by atoms with Gasteiger partial charge >= 0.3 is 6.08 Å². The molecule has 0 saturated carbocycles. The lowest BCUT2D eigenvalue weighted by Crippen LogP contribution is -2.40. The Morgan fingerprint density at radius 2 is 1.49 bits per heavy atom. The van der Waals surface area contributed by atoms with Crippen LogP contribution >= 0.6 is 0 Å². The van der Waals surface area contributed by atoms with Gasteiger partial charge in [-0.15, -0.1) is 0 Å². The second-order valence-electron chi connectivity index (χ2n) is 10.9. The summed E-state index contributed by atoms with van der Waals surface area (Å²) in [6, 6.07) is 25.0. The van der Waals surface area contributed by atoms with Crippen LogP contribution in [0.5, 0.6) is 11.5 Å². The van der Waals surface area contributed by atoms with Crippen molar-refractivity contribution < 1.29 is 37.9 Å². The number of methoxy groups -OCH3 is 3. The van der Waals surface area contributed by atoms with Gasteiger partial charge in [-0.25, -0.2) is 4.98 Å². The first-order valence-corrected chi connectivity index (χ1v) is 15.0. The minimum atomic E-state index is -1.17. The van der Waals surface area contributed by atoms with Gasteiger partial charge in [-0.1, -0.05) is 54.6 Å². The fourth-order valence-electron chi connectivity index (χ4n) is 5.91. The number of nitrogens with zero attached hydrogens (tertiary/aromatic N) is 4. The molecule has 1 aliphatic heterocycles. The van der Waals surface area contributed by atoms with E-state index < -0.39 is 36.2 Å². The number of fused-ring (bicyclic) bond motifs is 1. The summed E-state index contributed by atoms with van der Waals surface area (Å²) < 4.78 is 51.3. The third kappa shape index (κ3) is 6.23. The average Bonchev–Trinajstić information content (AvgIpc) is 3.66. The third-order valence-corrected chi connectivity index (χ3v) is 8.24. The van der Waals surface area contributed by atoms with E-state index >= 15 is 0 Å². The van der Waals surface area contributed by atoms with Crippen molar-refractivity contribution >= 4 is 17.0 Å². The molecule has 3 heterocycles. The molecule has 0 aliphatic carbocycles. The summed E-state index contributed by atoms with van der Waals surface area (Å²) >= 11 is 0. The van der Waals surface area contributed by atoms with Crippen molar-refractivity contribution in [1.29, 1.82) is 0 Å². The van der Waals surface area contributed by atoms with E-state index in [1.54, 1.807) is 21.3 Å². The number of aromatic nitrogens is 4. The number of rotatable bonds is 13. The second kappa shape index (κ2) is 14.0. The standard InChI is InChI=1S/C34H36FN5O7/c1-42-17-18-45-29-28(41)26(47-32(29)40-20-37-27-30(36)38-33(35)39-31(27)40)19-46-34(21-7-5-4-6-8-21,22-9-13-24(43-2)14-10-22)23-11-15-25(44-3)16-12-23/h4-16,20,26,28-29,32,41H,17-19H2,1-3H3,(H2,36,38,39)/t26-,28?,29?,32-/m1/s1. The Bertz CT molecular complexity index is 1720. The summed E-state index contributed by atoms with van der Waals surface area (Å²) in [6.45, 7) is 0.361. The highest BCUT2D eigenvalue weighted by atomic mass is 19.1. The molecule has 4 atom stereocenters. The van der Waals surface area contributed by atoms with Crippen molar-refractivity contribution in [2.24, 2.45) is 0 Å². The average molecular weight is 646 g/mol. The minimum Gasteiger partial charge on any atom is -0.497 e. The predicted molar refractivity (Wildman–Crippen MR) is 169 cm³/mol. The summed E-state index contributed by atoms with van der Waals surface area (Å²) in [6.07, 6.45) is -3.54. The van der Waals surface area contributed by atoms with Crippen LogP contribution in [0, 0.1) is 6.08 Å². The zero-order valence-electron chi connectivity index (χ0n) is 26.2. The maximum absolute atomic E-state index is 14.3. The number of anilines is 1. The molecule has 1 aliphatic rings. The molecule has 13 heteroatoms. The van der Waals surface area contributed by atoms with Gasteiger partial charge in [-0.2, -0.15) is 14.4 Å². The van der Waals surface area contributed by atoms with E-state index in [0.717, 1.165) is 16.7 Å². The van der Waals surface area contributed by atoms with Gasteiger partial charge in [0, 0.05) is 7.11 Å². The van der Waals surface area contributed by atoms with Gasteiger partial charge in [-0.05, 0) is 41.0 Å². The van der Waals surface area contributed by atoms with Crippen LogP contribution in [-0.4, -0.2) is 84.1 Å². The molecule has 2 aromatic heterocycles. The number of ether oxygens (including phenoxy) is 6. The molecule has 1 fully saturated rings. The van der Waals surface area contributed by atoms with Crippen molar-refractivity contribution in [3.8, 4) is 11.5 Å². The zero-order valence-corrected chi connectivity index (χ0v) is 26.2. The Balaban J connectivity index is 1.40. The molecule has 0 radical (unpaired) electrons. The predicted octanol–water partition coefficient (Wildman–Crippen LogP) is 3.86. The summed E-state index contributed by atoms with van der Waals surface area (Å²) in [4.78, 5) is 11.7. The molecule has 0 amide bonds. The Morgan fingerprint density at radius 3 is 2.09 bits per heavy atom. The van der Waals surface area contributed by atoms with Crippen LogP contribution in [0.15, 0.2) is 85.2 Å². The number of hydrogen-bond donors (Lipinski definition) is 2. The highest BCUT2D eigenvalue weighted by Gasteiger charge is 2.48. The maximum Gasteiger partial charge on any atom is 0.312 e. The van der Waals surface area contributed by atoms with Crippen LogP contribution in [-0.2, 0) is 24.5 Å². The molecule has 5 aromatic rings. The topological polar surface area (TPSA) is 145 Å². The first-order valence-electron chi connectivity index (χ1n) is 15.0. The molecule has 6 rings (SSSR count). The van der Waals surface area contributed by atoms with Crippen LogP contribution in [0.1, 0.15) is 22.9 Å². The molecular formula is C34H36FN5O7. The number of imidazole rings is 1. The molecule has 0 bridgehead atoms. The Kier molecular flexibility index (Phi) is 9.61. The molecule has 47 heavy (non-hydrogen) atoms. The largest absolute Gasteiger partial charge is 0.497 e. The number of aliphatic hydroxyl groups is 1. The van der Waals surface area contributed by atoms with Crippen LogP contribution in [0.2, 0.25) is 0 Å². The molecule has 0 spiro atoms. The Labute approximate surface area is 270 Å². The summed E-state index contributed by atoms with van der Waals surface area (Å²) in [5.74, 6) is 1.26. The van der Waals surface area contributed by atoms with Gasteiger partial charge in [0.25, 0.3) is 0 Å². The second-order valence-corrected chi connectivity index (χ2v) is 10.9. The number of benzene rings is 3. The maximum atomic E-state index is 14.3. The molecule has 12 nitrogen and oxygen atoms in total. The molecule has 3 aromatic carbocycles. The first kappa shape index (κ1) is 32.3. The van der Waals surface area contributed by atoms with Crippen molar-refractivity contribution in [3.05, 3.63) is 108 Å². The van der Waals surface area contributed by atoms with Crippen molar-refractivity contribution in [2.75, 3.05) is 46.9 Å². The van der Waals surface area contributed by atoms with Gasteiger partial charge in [0.05, 0.1) is 40.4 Å². The van der Waals surface area contributed by atoms with Crippen LogP contribution in [0.25, 0.3) is 11.2 Å². The first-order chi connectivity index (χ1) is 22.9. The molecule has 2 unspecified atom stereocenters. The van der Waals surface area contributed by atoms with E-state index in [9.17, 15) is 9.50 Å². The van der Waals surface area contributed by atoms with E-state index in [4.69, 9.17) is 34.2 Å². The van der Waals surface area contributed by atoms with Gasteiger partial charge in [-0.3, -0.25) is 4.57 Å². The summed E-state index contributed by atoms with van der Waals surface area (Å²) in [5, 5.41) is 11.7. The number of aliphatic hydroxyl groups excluding tert-OH is 1. The van der Waals surface area contributed by atoms with Gasteiger partial charge in [0.2, 0.25) is 0 Å². The lowest BCUT2D eigenvalue weighted by Gasteiger charge is -2.37. The minimum absolute atomic E-state index is 0.0765. The number of nitrogens with two attached hydrogens (primary N) is 1. The van der Waals surface area contributed by atoms with Crippen LogP contribution in [0.4, 0.5) is 10.2 Å². The van der Waals surface area contributed by atoms with E-state index in [-0.39, 0.29) is 36.8 Å². The van der Waals surface area contributed by atoms with E-state index in [1.807, 2.05) is 78.9 Å². The number of hydrogen-bond acceptors (Lipinski definition) is 11. The SMILES string of the molecule is COCCOC1C(O)[C@@H](COC(c2ccccc2)(c2ccc(OC)cc2)c2ccc(OC)cc2)O[C@H]1n1cnc2c(N)nc(F)nc21. The van der Waals surface area contributed by atoms with Crippen molar-refractivity contribution in [1.82, 2.24) is 19.5 Å². The van der Waals surface area contributed by atoms with Crippen LogP contribution < -0.4 is 15.2 Å².